The molecule has 0 unspecified atom stereocenters. The molecular formula is C24H30N2O3. The van der Waals surface area contributed by atoms with Gasteiger partial charge in [0.2, 0.25) is 5.91 Å². The smallest absolute Gasteiger partial charge is 0.222 e. The van der Waals surface area contributed by atoms with Crippen molar-refractivity contribution in [2.75, 3.05) is 26.8 Å². The Labute approximate surface area is 173 Å². The van der Waals surface area contributed by atoms with Crippen LogP contribution >= 0.6 is 0 Å². The van der Waals surface area contributed by atoms with Gasteiger partial charge in [-0.15, -0.1) is 0 Å². The molecule has 0 N–H and O–H groups in total. The third-order valence-electron chi connectivity index (χ3n) is 6.31. The second kappa shape index (κ2) is 8.95. The standard InChI is InChI=1S/C24H30N2O3/c1-28-21-8-9-22-20(17-21)10-16-29-24(22)11-14-26(15-12-24)23(27)7-3-2-5-19-6-4-13-25-18-19/h4,6,8-9,13,17-18H,2-3,5,7,10-12,14-16H2,1H3. The topological polar surface area (TPSA) is 51.7 Å². The van der Waals surface area contributed by atoms with E-state index in [9.17, 15) is 4.79 Å². The summed E-state index contributed by atoms with van der Waals surface area (Å²) in [4.78, 5) is 18.8. The third-order valence-corrected chi connectivity index (χ3v) is 6.31. The van der Waals surface area contributed by atoms with Crippen molar-refractivity contribution in [3.8, 4) is 5.75 Å². The largest absolute Gasteiger partial charge is 0.497 e. The highest BCUT2D eigenvalue weighted by Gasteiger charge is 2.41. The van der Waals surface area contributed by atoms with Crippen LogP contribution in [0.15, 0.2) is 42.7 Å². The summed E-state index contributed by atoms with van der Waals surface area (Å²) < 4.78 is 11.7. The van der Waals surface area contributed by atoms with Crippen LogP contribution in [0.1, 0.15) is 48.8 Å². The van der Waals surface area contributed by atoms with E-state index in [1.807, 2.05) is 23.2 Å². The Kier molecular flexibility index (Phi) is 6.14. The first-order valence-electron chi connectivity index (χ1n) is 10.7. The van der Waals surface area contributed by atoms with E-state index in [1.165, 1.54) is 16.7 Å². The molecule has 0 bridgehead atoms. The van der Waals surface area contributed by atoms with Gasteiger partial charge in [-0.1, -0.05) is 12.1 Å². The van der Waals surface area contributed by atoms with Crippen LogP contribution in [0.3, 0.4) is 0 Å². The van der Waals surface area contributed by atoms with Crippen LogP contribution < -0.4 is 4.74 Å². The Balaban J connectivity index is 1.29. The molecule has 5 nitrogen and oxygen atoms in total. The first-order chi connectivity index (χ1) is 14.2. The molecule has 1 aromatic carbocycles. The van der Waals surface area contributed by atoms with Crippen LogP contribution in [-0.4, -0.2) is 42.6 Å². The number of likely N-dealkylation sites (tertiary alicyclic amines) is 1. The fourth-order valence-electron chi connectivity index (χ4n) is 4.62. The Hall–Kier alpha value is -2.40. The highest BCUT2D eigenvalue weighted by Crippen LogP contribution is 2.42. The number of aromatic nitrogens is 1. The first kappa shape index (κ1) is 19.9. The molecular weight excluding hydrogens is 364 g/mol. The zero-order valence-electron chi connectivity index (χ0n) is 17.2. The van der Waals surface area contributed by atoms with E-state index in [1.54, 1.807) is 13.3 Å². The lowest BCUT2D eigenvalue weighted by molar-refractivity contribution is -0.140. The summed E-state index contributed by atoms with van der Waals surface area (Å²) in [5.41, 5.74) is 3.61. The average Bonchev–Trinajstić information content (AvgIpc) is 2.78. The summed E-state index contributed by atoms with van der Waals surface area (Å²) >= 11 is 0. The summed E-state index contributed by atoms with van der Waals surface area (Å²) in [6, 6.07) is 10.4. The van der Waals surface area contributed by atoms with Gasteiger partial charge in [-0.05, 0) is 73.4 Å². The maximum atomic E-state index is 12.7. The van der Waals surface area contributed by atoms with Gasteiger partial charge in [-0.3, -0.25) is 9.78 Å². The summed E-state index contributed by atoms with van der Waals surface area (Å²) in [5, 5.41) is 0. The Morgan fingerprint density at radius 1 is 1.24 bits per heavy atom. The van der Waals surface area contributed by atoms with Crippen molar-refractivity contribution in [1.82, 2.24) is 9.88 Å². The van der Waals surface area contributed by atoms with E-state index < -0.39 is 0 Å². The lowest BCUT2D eigenvalue weighted by Gasteiger charge is -2.45. The van der Waals surface area contributed by atoms with Crippen LogP contribution in [0.2, 0.25) is 0 Å². The van der Waals surface area contributed by atoms with Crippen molar-refractivity contribution < 1.29 is 14.3 Å². The molecule has 1 aromatic heterocycles. The summed E-state index contributed by atoms with van der Waals surface area (Å²) in [7, 11) is 1.71. The van der Waals surface area contributed by atoms with E-state index in [0.717, 1.165) is 64.0 Å². The number of methoxy groups -OCH3 is 1. The van der Waals surface area contributed by atoms with Crippen molar-refractivity contribution >= 4 is 5.91 Å². The number of pyridine rings is 1. The Morgan fingerprint density at radius 3 is 2.86 bits per heavy atom. The van der Waals surface area contributed by atoms with Gasteiger partial charge >= 0.3 is 0 Å². The number of hydrogen-bond acceptors (Lipinski definition) is 4. The van der Waals surface area contributed by atoms with Gasteiger partial charge in [0, 0.05) is 31.9 Å². The lowest BCUT2D eigenvalue weighted by atomic mass is 9.79. The number of benzene rings is 1. The average molecular weight is 395 g/mol. The maximum absolute atomic E-state index is 12.7. The first-order valence-corrected chi connectivity index (χ1v) is 10.7. The molecule has 0 saturated carbocycles. The van der Waals surface area contributed by atoms with Gasteiger partial charge in [-0.25, -0.2) is 0 Å². The van der Waals surface area contributed by atoms with E-state index >= 15 is 0 Å². The molecule has 0 aliphatic carbocycles. The van der Waals surface area contributed by atoms with Crippen LogP contribution in [0, 0.1) is 0 Å². The summed E-state index contributed by atoms with van der Waals surface area (Å²) in [5.74, 6) is 1.18. The maximum Gasteiger partial charge on any atom is 0.222 e. The number of fused-ring (bicyclic) bond motifs is 2. The fraction of sp³-hybridized carbons (Fsp3) is 0.500. The minimum absolute atomic E-state index is 0.239. The molecule has 2 aromatic rings. The highest BCUT2D eigenvalue weighted by atomic mass is 16.5. The van der Waals surface area contributed by atoms with Crippen molar-refractivity contribution in [2.45, 2.75) is 50.5 Å². The fourth-order valence-corrected chi connectivity index (χ4v) is 4.62. The number of carbonyl (C=O) groups is 1. The molecule has 4 rings (SSSR count). The zero-order chi connectivity index (χ0) is 20.1. The number of rotatable bonds is 6. The number of aryl methyl sites for hydroxylation is 1. The Bertz CT molecular complexity index is 829. The molecule has 0 radical (unpaired) electrons. The molecule has 154 valence electrons. The molecule has 1 amide bonds. The van der Waals surface area contributed by atoms with E-state index in [4.69, 9.17) is 9.47 Å². The minimum atomic E-state index is -0.239. The van der Waals surface area contributed by atoms with Gasteiger partial charge in [-0.2, -0.15) is 0 Å². The van der Waals surface area contributed by atoms with Crippen molar-refractivity contribution in [3.05, 3.63) is 59.4 Å². The second-order valence-corrected chi connectivity index (χ2v) is 8.06. The van der Waals surface area contributed by atoms with Gasteiger partial charge in [0.05, 0.1) is 19.3 Å². The number of ether oxygens (including phenoxy) is 2. The van der Waals surface area contributed by atoms with Crippen LogP contribution in [0.4, 0.5) is 0 Å². The van der Waals surface area contributed by atoms with Crippen LogP contribution in [-0.2, 0) is 28.0 Å². The second-order valence-electron chi connectivity index (χ2n) is 8.06. The van der Waals surface area contributed by atoms with Gasteiger partial charge < -0.3 is 14.4 Å². The van der Waals surface area contributed by atoms with Crippen LogP contribution in [0.5, 0.6) is 5.75 Å². The normalized spacial score (nSPS) is 17.8. The van der Waals surface area contributed by atoms with Crippen LogP contribution in [0.25, 0.3) is 0 Å². The molecule has 29 heavy (non-hydrogen) atoms. The number of piperidine rings is 1. The molecule has 2 aliphatic heterocycles. The molecule has 1 saturated heterocycles. The zero-order valence-corrected chi connectivity index (χ0v) is 17.2. The number of carbonyl (C=O) groups excluding carboxylic acids is 1. The van der Waals surface area contributed by atoms with Crippen molar-refractivity contribution in [3.63, 3.8) is 0 Å². The summed E-state index contributed by atoms with van der Waals surface area (Å²) in [6.45, 7) is 2.28. The summed E-state index contributed by atoms with van der Waals surface area (Å²) in [6.07, 6.45) is 9.92. The molecule has 0 atom stereocenters. The van der Waals surface area contributed by atoms with Gasteiger partial charge in [0.25, 0.3) is 0 Å². The molecule has 5 heteroatoms. The highest BCUT2D eigenvalue weighted by molar-refractivity contribution is 5.76. The van der Waals surface area contributed by atoms with E-state index in [0.29, 0.717) is 6.42 Å². The monoisotopic (exact) mass is 394 g/mol. The van der Waals surface area contributed by atoms with E-state index in [-0.39, 0.29) is 11.5 Å². The quantitative estimate of drug-likeness (QED) is 0.698. The predicted molar refractivity (Wildman–Crippen MR) is 112 cm³/mol. The van der Waals surface area contributed by atoms with Crippen molar-refractivity contribution in [1.29, 1.82) is 0 Å². The molecule has 2 aliphatic rings. The van der Waals surface area contributed by atoms with Gasteiger partial charge in [0.15, 0.2) is 0 Å². The Morgan fingerprint density at radius 2 is 2.10 bits per heavy atom. The molecule has 1 spiro atoms. The lowest BCUT2D eigenvalue weighted by Crippen LogP contribution is -2.48. The number of nitrogens with zero attached hydrogens (tertiary/aromatic N) is 2. The minimum Gasteiger partial charge on any atom is -0.497 e. The van der Waals surface area contributed by atoms with E-state index in [2.05, 4.69) is 23.2 Å². The third kappa shape index (κ3) is 4.45. The number of amides is 1. The predicted octanol–water partition coefficient (Wildman–Crippen LogP) is 3.89. The number of unbranched alkanes of at least 4 members (excludes halogenated alkanes) is 1. The van der Waals surface area contributed by atoms with Gasteiger partial charge in [0.1, 0.15) is 5.75 Å². The number of hydrogen-bond donors (Lipinski definition) is 0. The molecule has 3 heterocycles. The molecule has 1 fully saturated rings. The SMILES string of the molecule is COc1ccc2c(c1)CCOC21CCN(C(=O)CCCCc2cccnc2)CC1. The van der Waals surface area contributed by atoms with Crippen molar-refractivity contribution in [2.24, 2.45) is 0 Å².